The minimum absolute atomic E-state index is 0.216. The Balaban J connectivity index is 1.78. The first kappa shape index (κ1) is 13.6. The van der Waals surface area contributed by atoms with Gasteiger partial charge < -0.3 is 4.74 Å². The van der Waals surface area contributed by atoms with Gasteiger partial charge in [0.05, 0.1) is 0 Å². The van der Waals surface area contributed by atoms with Crippen LogP contribution in [0, 0.1) is 0 Å². The highest BCUT2D eigenvalue weighted by molar-refractivity contribution is 5.71. The zero-order valence-electron chi connectivity index (χ0n) is 13.3. The Morgan fingerprint density at radius 2 is 1.17 bits per heavy atom. The fourth-order valence-electron chi connectivity index (χ4n) is 4.37. The van der Waals surface area contributed by atoms with Gasteiger partial charge >= 0.3 is 5.97 Å². The summed E-state index contributed by atoms with van der Waals surface area (Å²) < 4.78 is 5.32. The van der Waals surface area contributed by atoms with Crippen LogP contribution in [0.5, 0.6) is 5.75 Å². The fourth-order valence-corrected chi connectivity index (χ4v) is 4.37. The third-order valence-electron chi connectivity index (χ3n) is 5.18. The van der Waals surface area contributed by atoms with Crippen LogP contribution in [0.1, 0.15) is 52.1 Å². The van der Waals surface area contributed by atoms with Crippen molar-refractivity contribution in [3.8, 4) is 5.75 Å². The minimum Gasteiger partial charge on any atom is -0.427 e. The Labute approximate surface area is 140 Å². The topological polar surface area (TPSA) is 26.3 Å². The molecule has 0 spiro atoms. The zero-order valence-corrected chi connectivity index (χ0v) is 13.3. The van der Waals surface area contributed by atoms with Crippen LogP contribution in [-0.4, -0.2) is 5.97 Å². The van der Waals surface area contributed by atoms with Crippen molar-refractivity contribution in [1.82, 2.24) is 0 Å². The maximum absolute atomic E-state index is 11.3. The second kappa shape index (κ2) is 4.81. The monoisotopic (exact) mass is 312 g/mol. The number of hydrogen-bond acceptors (Lipinski definition) is 2. The summed E-state index contributed by atoms with van der Waals surface area (Å²) in [6, 6.07) is 23.5. The summed E-state index contributed by atoms with van der Waals surface area (Å²) in [6.45, 7) is 1.44. The molecular weight excluding hydrogens is 296 g/mol. The molecule has 116 valence electrons. The van der Waals surface area contributed by atoms with Crippen LogP contribution in [0.2, 0.25) is 0 Å². The van der Waals surface area contributed by atoms with Crippen LogP contribution < -0.4 is 4.74 Å². The van der Waals surface area contributed by atoms with Crippen molar-refractivity contribution in [3.05, 3.63) is 100 Å². The highest BCUT2D eigenvalue weighted by Gasteiger charge is 2.40. The van der Waals surface area contributed by atoms with E-state index in [1.54, 1.807) is 0 Å². The first-order chi connectivity index (χ1) is 11.7. The molecule has 3 aromatic carbocycles. The molecule has 0 saturated heterocycles. The van der Waals surface area contributed by atoms with Crippen LogP contribution in [0.25, 0.3) is 0 Å². The van der Waals surface area contributed by atoms with Gasteiger partial charge in [-0.05, 0) is 45.5 Å². The lowest BCUT2D eigenvalue weighted by molar-refractivity contribution is -0.131. The Morgan fingerprint density at radius 1 is 0.708 bits per heavy atom. The molecule has 0 radical (unpaired) electrons. The summed E-state index contributed by atoms with van der Waals surface area (Å²) in [5, 5.41) is 0. The summed E-state index contributed by atoms with van der Waals surface area (Å²) in [7, 11) is 0. The quantitative estimate of drug-likeness (QED) is 0.334. The SMILES string of the molecule is CC(=O)Oc1ccc2c(c1)C1c3ccccc3C2c2ccccc21. The van der Waals surface area contributed by atoms with Crippen LogP contribution in [-0.2, 0) is 4.79 Å². The van der Waals surface area contributed by atoms with E-state index in [2.05, 4.69) is 54.6 Å². The van der Waals surface area contributed by atoms with E-state index in [9.17, 15) is 4.79 Å². The van der Waals surface area contributed by atoms with Gasteiger partial charge in [-0.25, -0.2) is 0 Å². The van der Waals surface area contributed by atoms with Crippen molar-refractivity contribution in [2.45, 2.75) is 18.8 Å². The van der Waals surface area contributed by atoms with Crippen molar-refractivity contribution < 1.29 is 9.53 Å². The molecule has 0 heterocycles. The third kappa shape index (κ3) is 1.74. The fraction of sp³-hybridized carbons (Fsp3) is 0.136. The number of benzene rings is 3. The smallest absolute Gasteiger partial charge is 0.308 e. The van der Waals surface area contributed by atoms with Gasteiger partial charge in [-0.3, -0.25) is 4.79 Å². The van der Waals surface area contributed by atoms with Crippen LogP contribution in [0.15, 0.2) is 66.7 Å². The number of ether oxygens (including phenoxy) is 1. The second-order valence-electron chi connectivity index (χ2n) is 6.51. The standard InChI is InChI=1S/C22H16O2/c1-13(23)24-14-10-11-19-20(12-14)22-17-8-4-2-6-15(17)21(19)16-7-3-5-9-18(16)22/h2-12,21-22H,1H3. The molecule has 2 heteroatoms. The first-order valence-corrected chi connectivity index (χ1v) is 8.24. The van der Waals surface area contributed by atoms with Crippen molar-refractivity contribution in [2.75, 3.05) is 0 Å². The molecule has 2 nitrogen and oxygen atoms in total. The maximum Gasteiger partial charge on any atom is 0.308 e. The minimum atomic E-state index is -0.281. The van der Waals surface area contributed by atoms with Gasteiger partial charge in [0.1, 0.15) is 5.75 Å². The normalized spacial score (nSPS) is 19.2. The van der Waals surface area contributed by atoms with Gasteiger partial charge in [-0.15, -0.1) is 0 Å². The molecular formula is C22H16O2. The Kier molecular flexibility index (Phi) is 2.72. The van der Waals surface area contributed by atoms with Crippen molar-refractivity contribution in [3.63, 3.8) is 0 Å². The summed E-state index contributed by atoms with van der Waals surface area (Å²) in [4.78, 5) is 11.3. The molecule has 3 aromatic rings. The molecule has 0 fully saturated rings. The largest absolute Gasteiger partial charge is 0.427 e. The van der Waals surface area contributed by atoms with E-state index in [0.717, 1.165) is 0 Å². The summed E-state index contributed by atoms with van der Waals surface area (Å²) in [5.74, 6) is 0.831. The van der Waals surface area contributed by atoms with Gasteiger partial charge in [0.2, 0.25) is 0 Å². The van der Waals surface area contributed by atoms with Gasteiger partial charge in [-0.1, -0.05) is 54.6 Å². The number of carbonyl (C=O) groups is 1. The third-order valence-corrected chi connectivity index (χ3v) is 5.18. The van der Waals surface area contributed by atoms with Gasteiger partial charge in [0.15, 0.2) is 0 Å². The average molecular weight is 312 g/mol. The second-order valence-corrected chi connectivity index (χ2v) is 6.51. The molecule has 2 bridgehead atoms. The Morgan fingerprint density at radius 3 is 1.67 bits per heavy atom. The molecule has 0 amide bonds. The molecule has 0 N–H and O–H groups in total. The molecule has 0 aliphatic heterocycles. The summed E-state index contributed by atoms with van der Waals surface area (Å²) >= 11 is 0. The molecule has 0 unspecified atom stereocenters. The molecule has 0 saturated carbocycles. The predicted molar refractivity (Wildman–Crippen MR) is 92.5 cm³/mol. The van der Waals surface area contributed by atoms with Gasteiger partial charge in [-0.2, -0.15) is 0 Å². The first-order valence-electron chi connectivity index (χ1n) is 8.24. The van der Waals surface area contributed by atoms with Crippen LogP contribution in [0.3, 0.4) is 0 Å². The Bertz CT molecular complexity index is 939. The summed E-state index contributed by atoms with van der Waals surface area (Å²) in [5.41, 5.74) is 8.12. The molecule has 3 aliphatic carbocycles. The highest BCUT2D eigenvalue weighted by Crippen LogP contribution is 2.55. The van der Waals surface area contributed by atoms with Gasteiger partial charge in [0, 0.05) is 18.8 Å². The van der Waals surface area contributed by atoms with E-state index < -0.39 is 0 Å². The van der Waals surface area contributed by atoms with E-state index in [1.165, 1.54) is 40.3 Å². The maximum atomic E-state index is 11.3. The number of rotatable bonds is 1. The lowest BCUT2D eigenvalue weighted by Gasteiger charge is -2.42. The van der Waals surface area contributed by atoms with E-state index in [4.69, 9.17) is 4.74 Å². The van der Waals surface area contributed by atoms with Crippen molar-refractivity contribution >= 4 is 5.97 Å². The van der Waals surface area contributed by atoms with E-state index >= 15 is 0 Å². The highest BCUT2D eigenvalue weighted by atomic mass is 16.5. The van der Waals surface area contributed by atoms with Gasteiger partial charge in [0.25, 0.3) is 0 Å². The summed E-state index contributed by atoms with van der Waals surface area (Å²) in [6.07, 6.45) is 0. The predicted octanol–water partition coefficient (Wildman–Crippen LogP) is 4.60. The van der Waals surface area contributed by atoms with Crippen molar-refractivity contribution in [2.24, 2.45) is 0 Å². The number of esters is 1. The lowest BCUT2D eigenvalue weighted by Crippen LogP contribution is -2.27. The molecule has 0 aromatic heterocycles. The number of carbonyl (C=O) groups excluding carboxylic acids is 1. The lowest BCUT2D eigenvalue weighted by atomic mass is 9.61. The molecule has 6 rings (SSSR count). The average Bonchev–Trinajstić information content (AvgIpc) is 2.60. The Hall–Kier alpha value is -2.87. The van der Waals surface area contributed by atoms with Crippen molar-refractivity contribution in [1.29, 1.82) is 0 Å². The molecule has 3 aliphatic rings. The zero-order chi connectivity index (χ0) is 16.3. The molecule has 0 atom stereocenters. The van der Waals surface area contributed by atoms with Crippen LogP contribution >= 0.6 is 0 Å². The van der Waals surface area contributed by atoms with Crippen LogP contribution in [0.4, 0.5) is 0 Å². The molecule has 24 heavy (non-hydrogen) atoms. The van der Waals surface area contributed by atoms with E-state index in [1.807, 2.05) is 12.1 Å². The van der Waals surface area contributed by atoms with E-state index in [-0.39, 0.29) is 17.8 Å². The number of hydrogen-bond donors (Lipinski definition) is 0. The van der Waals surface area contributed by atoms with E-state index in [0.29, 0.717) is 5.75 Å².